The molecule has 1 aromatic rings. The topological polar surface area (TPSA) is 61.6 Å². The van der Waals surface area contributed by atoms with Gasteiger partial charge in [0.05, 0.1) is 0 Å². The van der Waals surface area contributed by atoms with Crippen LogP contribution in [0.2, 0.25) is 0 Å². The number of rotatable bonds is 1. The maximum Gasteiger partial charge on any atom is 0.322 e. The third-order valence-corrected chi connectivity index (χ3v) is 3.23. The molecule has 5 heteroatoms. The fraction of sp³-hybridized carbons (Fsp3) is 0.462. The average Bonchev–Trinajstić information content (AvgIpc) is 2.28. The van der Waals surface area contributed by atoms with Crippen molar-refractivity contribution >= 4 is 17.4 Å². The number of nitrogens with zero attached hydrogens (tertiary/aromatic N) is 2. The van der Waals surface area contributed by atoms with Gasteiger partial charge in [-0.05, 0) is 32.2 Å². The smallest absolute Gasteiger partial charge is 0.322 e. The van der Waals surface area contributed by atoms with Crippen LogP contribution in [-0.2, 0) is 0 Å². The minimum absolute atomic E-state index is 0.0544. The van der Waals surface area contributed by atoms with Crippen molar-refractivity contribution in [2.75, 3.05) is 37.7 Å². The van der Waals surface area contributed by atoms with Crippen LogP contribution in [0.1, 0.15) is 6.92 Å². The minimum Gasteiger partial charge on any atom is -0.399 e. The van der Waals surface area contributed by atoms with Crippen LogP contribution in [-0.4, -0.2) is 48.6 Å². The molecule has 1 aliphatic rings. The van der Waals surface area contributed by atoms with Gasteiger partial charge >= 0.3 is 6.03 Å². The van der Waals surface area contributed by atoms with E-state index in [1.807, 2.05) is 17.0 Å². The Morgan fingerprint density at radius 3 is 2.89 bits per heavy atom. The van der Waals surface area contributed by atoms with Crippen LogP contribution >= 0.6 is 0 Å². The Balaban J connectivity index is 1.99. The van der Waals surface area contributed by atoms with E-state index in [9.17, 15) is 4.79 Å². The Bertz CT molecular complexity index is 435. The number of amides is 2. The first-order chi connectivity index (χ1) is 8.56. The summed E-state index contributed by atoms with van der Waals surface area (Å²) in [5, 5.41) is 2.89. The summed E-state index contributed by atoms with van der Waals surface area (Å²) in [5.74, 6) is 0. The Labute approximate surface area is 108 Å². The highest BCUT2D eigenvalue weighted by atomic mass is 16.2. The fourth-order valence-corrected chi connectivity index (χ4v) is 2.25. The van der Waals surface area contributed by atoms with Gasteiger partial charge in [-0.3, -0.25) is 0 Å². The van der Waals surface area contributed by atoms with Gasteiger partial charge in [0.2, 0.25) is 0 Å². The monoisotopic (exact) mass is 248 g/mol. The van der Waals surface area contributed by atoms with E-state index in [1.54, 1.807) is 12.1 Å². The van der Waals surface area contributed by atoms with Crippen molar-refractivity contribution in [1.82, 2.24) is 9.80 Å². The number of hydrogen-bond donors (Lipinski definition) is 2. The van der Waals surface area contributed by atoms with E-state index in [0.29, 0.717) is 5.69 Å². The molecule has 0 aromatic heterocycles. The Kier molecular flexibility index (Phi) is 3.72. The number of benzene rings is 1. The lowest BCUT2D eigenvalue weighted by molar-refractivity contribution is 0.125. The molecule has 1 heterocycles. The molecule has 5 nitrogen and oxygen atoms in total. The predicted octanol–water partition coefficient (Wildman–Crippen LogP) is 1.44. The van der Waals surface area contributed by atoms with Gasteiger partial charge in [0.25, 0.3) is 0 Å². The van der Waals surface area contributed by atoms with E-state index in [-0.39, 0.29) is 12.1 Å². The van der Waals surface area contributed by atoms with Gasteiger partial charge in [0.1, 0.15) is 0 Å². The minimum atomic E-state index is -0.0544. The molecule has 1 unspecified atom stereocenters. The zero-order chi connectivity index (χ0) is 13.1. The van der Waals surface area contributed by atoms with E-state index >= 15 is 0 Å². The van der Waals surface area contributed by atoms with Gasteiger partial charge in [-0.25, -0.2) is 4.79 Å². The number of hydrogen-bond acceptors (Lipinski definition) is 3. The van der Waals surface area contributed by atoms with Crippen molar-refractivity contribution in [2.24, 2.45) is 0 Å². The Hall–Kier alpha value is -1.75. The Morgan fingerprint density at radius 1 is 1.44 bits per heavy atom. The number of carbonyl (C=O) groups excluding carboxylic acids is 1. The van der Waals surface area contributed by atoms with Crippen LogP contribution in [0.5, 0.6) is 0 Å². The van der Waals surface area contributed by atoms with Crippen molar-refractivity contribution in [3.05, 3.63) is 24.3 Å². The predicted molar refractivity (Wildman–Crippen MR) is 73.5 cm³/mol. The van der Waals surface area contributed by atoms with Crippen LogP contribution < -0.4 is 11.1 Å². The van der Waals surface area contributed by atoms with Crippen molar-refractivity contribution in [1.29, 1.82) is 0 Å². The van der Waals surface area contributed by atoms with Crippen LogP contribution in [0.3, 0.4) is 0 Å². The number of anilines is 2. The van der Waals surface area contributed by atoms with E-state index in [1.165, 1.54) is 0 Å². The number of urea groups is 1. The number of nitrogens with one attached hydrogen (secondary N) is 1. The molecule has 0 radical (unpaired) electrons. The second-order valence-electron chi connectivity index (χ2n) is 4.86. The molecule has 3 N–H and O–H groups in total. The first kappa shape index (κ1) is 12.7. The van der Waals surface area contributed by atoms with Gasteiger partial charge in [-0.15, -0.1) is 0 Å². The molecule has 0 spiro atoms. The summed E-state index contributed by atoms with van der Waals surface area (Å²) in [6.45, 7) is 4.64. The van der Waals surface area contributed by atoms with Crippen molar-refractivity contribution in [3.8, 4) is 0 Å². The molecule has 1 aliphatic heterocycles. The second-order valence-corrected chi connectivity index (χ2v) is 4.86. The summed E-state index contributed by atoms with van der Waals surface area (Å²) in [7, 11) is 2.07. The molecule has 2 rings (SSSR count). The highest BCUT2D eigenvalue weighted by molar-refractivity contribution is 5.90. The molecule has 1 atom stereocenters. The van der Waals surface area contributed by atoms with Crippen LogP contribution in [0.25, 0.3) is 0 Å². The lowest BCUT2D eigenvalue weighted by Crippen LogP contribution is -2.53. The first-order valence-electron chi connectivity index (χ1n) is 6.18. The summed E-state index contributed by atoms with van der Waals surface area (Å²) in [6, 6.07) is 7.41. The molecular formula is C13H20N4O. The summed E-state index contributed by atoms with van der Waals surface area (Å²) in [5.41, 5.74) is 7.08. The van der Waals surface area contributed by atoms with Crippen molar-refractivity contribution < 1.29 is 4.79 Å². The summed E-state index contributed by atoms with van der Waals surface area (Å²) in [4.78, 5) is 16.2. The van der Waals surface area contributed by atoms with E-state index in [4.69, 9.17) is 5.73 Å². The average molecular weight is 248 g/mol. The highest BCUT2D eigenvalue weighted by Gasteiger charge is 2.25. The van der Waals surface area contributed by atoms with Crippen molar-refractivity contribution in [2.45, 2.75) is 13.0 Å². The number of likely N-dealkylation sites (N-methyl/N-ethyl adjacent to an activating group) is 1. The van der Waals surface area contributed by atoms with Gasteiger partial charge in [0.15, 0.2) is 0 Å². The SMILES string of the molecule is CC1CN(C)CCN1C(=O)Nc1cccc(N)c1. The molecule has 1 saturated heterocycles. The van der Waals surface area contributed by atoms with Gasteiger partial charge in [0, 0.05) is 37.1 Å². The van der Waals surface area contributed by atoms with Gasteiger partial charge in [-0.2, -0.15) is 0 Å². The maximum absolute atomic E-state index is 12.2. The number of carbonyl (C=O) groups is 1. The van der Waals surface area contributed by atoms with Crippen LogP contribution in [0.15, 0.2) is 24.3 Å². The number of nitrogen functional groups attached to an aromatic ring is 1. The van der Waals surface area contributed by atoms with E-state index in [2.05, 4.69) is 24.2 Å². The summed E-state index contributed by atoms with van der Waals surface area (Å²) >= 11 is 0. The lowest BCUT2D eigenvalue weighted by atomic mass is 10.2. The second kappa shape index (κ2) is 5.27. The number of piperazine rings is 1. The quantitative estimate of drug-likeness (QED) is 0.739. The summed E-state index contributed by atoms with van der Waals surface area (Å²) in [6.07, 6.45) is 0. The zero-order valence-corrected chi connectivity index (χ0v) is 10.9. The third-order valence-electron chi connectivity index (χ3n) is 3.23. The lowest BCUT2D eigenvalue weighted by Gasteiger charge is -2.38. The molecule has 98 valence electrons. The van der Waals surface area contributed by atoms with Crippen molar-refractivity contribution in [3.63, 3.8) is 0 Å². The fourth-order valence-electron chi connectivity index (χ4n) is 2.25. The molecule has 0 saturated carbocycles. The van der Waals surface area contributed by atoms with Crippen LogP contribution in [0, 0.1) is 0 Å². The molecular weight excluding hydrogens is 228 g/mol. The van der Waals surface area contributed by atoms with E-state index < -0.39 is 0 Å². The molecule has 0 aliphatic carbocycles. The maximum atomic E-state index is 12.2. The highest BCUT2D eigenvalue weighted by Crippen LogP contribution is 2.14. The largest absolute Gasteiger partial charge is 0.399 e. The number of nitrogens with two attached hydrogens (primary N) is 1. The Morgan fingerprint density at radius 2 is 2.22 bits per heavy atom. The normalized spacial score (nSPS) is 20.8. The standard InChI is InChI=1S/C13H20N4O/c1-10-9-16(2)6-7-17(10)13(18)15-12-5-3-4-11(14)8-12/h3-5,8,10H,6-7,9,14H2,1-2H3,(H,15,18). The summed E-state index contributed by atoms with van der Waals surface area (Å²) < 4.78 is 0. The first-order valence-corrected chi connectivity index (χ1v) is 6.18. The molecule has 0 bridgehead atoms. The molecule has 1 aromatic carbocycles. The molecule has 1 fully saturated rings. The van der Waals surface area contributed by atoms with Gasteiger partial charge < -0.3 is 20.9 Å². The van der Waals surface area contributed by atoms with E-state index in [0.717, 1.165) is 25.3 Å². The molecule has 18 heavy (non-hydrogen) atoms. The van der Waals surface area contributed by atoms with Gasteiger partial charge in [-0.1, -0.05) is 6.07 Å². The van der Waals surface area contributed by atoms with Crippen LogP contribution in [0.4, 0.5) is 16.2 Å². The molecule has 2 amide bonds. The third kappa shape index (κ3) is 2.92. The zero-order valence-electron chi connectivity index (χ0n) is 10.9.